The van der Waals surface area contributed by atoms with Crippen LogP contribution in [0.4, 0.5) is 0 Å². The fourth-order valence-electron chi connectivity index (χ4n) is 2.57. The molecule has 0 fully saturated rings. The Bertz CT molecular complexity index is 1110. The maximum atomic E-state index is 12.3. The fraction of sp³-hybridized carbons (Fsp3) is 0.278. The number of hydrogen-bond acceptors (Lipinski definition) is 7. The van der Waals surface area contributed by atoms with Crippen molar-refractivity contribution in [2.24, 2.45) is 0 Å². The molecule has 0 aliphatic carbocycles. The number of benzene rings is 1. The van der Waals surface area contributed by atoms with Crippen LogP contribution >= 0.6 is 11.8 Å². The van der Waals surface area contributed by atoms with Crippen LogP contribution in [0.25, 0.3) is 10.9 Å². The Balaban J connectivity index is 1.88. The number of aromatic nitrogens is 4. The van der Waals surface area contributed by atoms with Gasteiger partial charge in [0.2, 0.25) is 0 Å². The Morgan fingerprint density at radius 2 is 2.00 bits per heavy atom. The number of aromatic amines is 2. The minimum atomic E-state index is -0.496. The average molecular weight is 386 g/mol. The van der Waals surface area contributed by atoms with Gasteiger partial charge in [0.25, 0.3) is 11.1 Å². The normalized spacial score (nSPS) is 10.9. The van der Waals surface area contributed by atoms with E-state index >= 15 is 0 Å². The molecule has 0 aliphatic rings. The molecule has 8 nitrogen and oxygen atoms in total. The number of carbonyl (C=O) groups is 1. The van der Waals surface area contributed by atoms with Gasteiger partial charge in [0.05, 0.1) is 29.3 Å². The predicted molar refractivity (Wildman–Crippen MR) is 102 cm³/mol. The van der Waals surface area contributed by atoms with Crippen molar-refractivity contribution in [1.29, 1.82) is 0 Å². The second-order valence-electron chi connectivity index (χ2n) is 5.82. The third-order valence-corrected chi connectivity index (χ3v) is 4.69. The van der Waals surface area contributed by atoms with E-state index in [4.69, 9.17) is 4.74 Å². The van der Waals surface area contributed by atoms with Gasteiger partial charge in [0.15, 0.2) is 5.16 Å². The summed E-state index contributed by atoms with van der Waals surface area (Å²) in [5.74, 6) is 0.235. The molecule has 0 saturated carbocycles. The number of esters is 1. The van der Waals surface area contributed by atoms with Gasteiger partial charge in [-0.15, -0.1) is 0 Å². The number of carbonyl (C=O) groups excluding carboxylic acids is 1. The van der Waals surface area contributed by atoms with Crippen LogP contribution in [-0.4, -0.2) is 33.0 Å². The van der Waals surface area contributed by atoms with E-state index < -0.39 is 5.97 Å². The summed E-state index contributed by atoms with van der Waals surface area (Å²) in [4.78, 5) is 49.9. The van der Waals surface area contributed by atoms with Crippen LogP contribution < -0.4 is 11.1 Å². The van der Waals surface area contributed by atoms with E-state index in [1.807, 2.05) is 6.92 Å². The zero-order chi connectivity index (χ0) is 19.4. The second kappa shape index (κ2) is 8.17. The van der Waals surface area contributed by atoms with E-state index in [-0.39, 0.29) is 11.1 Å². The van der Waals surface area contributed by atoms with E-state index in [0.717, 1.165) is 18.5 Å². The molecular formula is C18H18N4O4S. The first-order valence-corrected chi connectivity index (χ1v) is 9.33. The van der Waals surface area contributed by atoms with Gasteiger partial charge in [-0.2, -0.15) is 0 Å². The third-order valence-electron chi connectivity index (χ3n) is 3.80. The number of methoxy groups -OCH3 is 1. The molecule has 0 unspecified atom stereocenters. The number of fused-ring (bicyclic) bond motifs is 1. The van der Waals surface area contributed by atoms with Gasteiger partial charge in [0.1, 0.15) is 5.82 Å². The summed E-state index contributed by atoms with van der Waals surface area (Å²) in [6.45, 7) is 2.02. The summed E-state index contributed by atoms with van der Waals surface area (Å²) in [5.41, 5.74) is 0.941. The van der Waals surface area contributed by atoms with Crippen LogP contribution in [-0.2, 0) is 16.9 Å². The molecule has 3 aromatic rings. The molecular weight excluding hydrogens is 368 g/mol. The number of ether oxygens (including phenoxy) is 1. The Morgan fingerprint density at radius 3 is 2.74 bits per heavy atom. The lowest BCUT2D eigenvalue weighted by Gasteiger charge is -2.05. The molecule has 0 bridgehead atoms. The molecule has 9 heteroatoms. The zero-order valence-electron chi connectivity index (χ0n) is 14.9. The molecule has 2 heterocycles. The maximum Gasteiger partial charge on any atom is 0.337 e. The number of H-pyrrole nitrogens is 2. The van der Waals surface area contributed by atoms with Crippen molar-refractivity contribution < 1.29 is 9.53 Å². The van der Waals surface area contributed by atoms with E-state index in [0.29, 0.717) is 33.2 Å². The Morgan fingerprint density at radius 1 is 1.19 bits per heavy atom. The van der Waals surface area contributed by atoms with Crippen molar-refractivity contribution >= 4 is 28.6 Å². The quantitative estimate of drug-likeness (QED) is 0.378. The van der Waals surface area contributed by atoms with Crippen molar-refractivity contribution in [3.63, 3.8) is 0 Å². The molecule has 0 aliphatic heterocycles. The molecule has 2 aromatic heterocycles. The van der Waals surface area contributed by atoms with Gasteiger partial charge in [-0.1, -0.05) is 25.1 Å². The van der Waals surface area contributed by atoms with Gasteiger partial charge < -0.3 is 14.7 Å². The zero-order valence-corrected chi connectivity index (χ0v) is 15.7. The van der Waals surface area contributed by atoms with Gasteiger partial charge in [-0.05, 0) is 24.6 Å². The summed E-state index contributed by atoms with van der Waals surface area (Å²) < 4.78 is 4.69. The summed E-state index contributed by atoms with van der Waals surface area (Å²) >= 11 is 1.27. The number of thioether (sulfide) groups is 1. The highest BCUT2D eigenvalue weighted by Crippen LogP contribution is 2.18. The second-order valence-corrected chi connectivity index (χ2v) is 6.78. The molecule has 27 heavy (non-hydrogen) atoms. The van der Waals surface area contributed by atoms with Gasteiger partial charge in [-0.3, -0.25) is 9.59 Å². The Kier molecular flexibility index (Phi) is 5.70. The summed E-state index contributed by atoms with van der Waals surface area (Å²) in [6, 6.07) is 6.07. The van der Waals surface area contributed by atoms with Gasteiger partial charge in [0, 0.05) is 11.8 Å². The van der Waals surface area contributed by atoms with Crippen molar-refractivity contribution in [1.82, 2.24) is 19.9 Å². The Labute approximate surface area is 158 Å². The van der Waals surface area contributed by atoms with Crippen LogP contribution in [0.5, 0.6) is 0 Å². The monoisotopic (exact) mass is 386 g/mol. The van der Waals surface area contributed by atoms with Crippen LogP contribution in [0, 0.1) is 0 Å². The lowest BCUT2D eigenvalue weighted by Crippen LogP contribution is -2.13. The number of rotatable bonds is 6. The lowest BCUT2D eigenvalue weighted by molar-refractivity contribution is 0.0601. The van der Waals surface area contributed by atoms with Crippen LogP contribution in [0.3, 0.4) is 0 Å². The largest absolute Gasteiger partial charge is 0.465 e. The molecule has 0 saturated heterocycles. The molecule has 0 amide bonds. The fourth-order valence-corrected chi connectivity index (χ4v) is 3.34. The molecule has 2 N–H and O–H groups in total. The minimum absolute atomic E-state index is 0.210. The first-order valence-electron chi connectivity index (χ1n) is 8.34. The smallest absolute Gasteiger partial charge is 0.337 e. The van der Waals surface area contributed by atoms with E-state index in [1.54, 1.807) is 0 Å². The van der Waals surface area contributed by atoms with Gasteiger partial charge >= 0.3 is 5.97 Å². The number of nitrogens with one attached hydrogen (secondary N) is 2. The maximum absolute atomic E-state index is 12.3. The van der Waals surface area contributed by atoms with Crippen LogP contribution in [0.2, 0.25) is 0 Å². The Hall–Kier alpha value is -2.94. The number of aryl methyl sites for hydroxylation is 1. The van der Waals surface area contributed by atoms with Crippen LogP contribution in [0.1, 0.15) is 35.2 Å². The summed E-state index contributed by atoms with van der Waals surface area (Å²) in [6.07, 6.45) is 1.61. The highest BCUT2D eigenvalue weighted by atomic mass is 32.2. The van der Waals surface area contributed by atoms with E-state index in [1.165, 1.54) is 43.1 Å². The number of nitrogens with zero attached hydrogens (tertiary/aromatic N) is 2. The van der Waals surface area contributed by atoms with Crippen molar-refractivity contribution in [3.05, 3.63) is 62.1 Å². The summed E-state index contributed by atoms with van der Waals surface area (Å²) in [7, 11) is 1.29. The first-order chi connectivity index (χ1) is 13.0. The van der Waals surface area contributed by atoms with Crippen molar-refractivity contribution in [2.75, 3.05) is 7.11 Å². The highest BCUT2D eigenvalue weighted by molar-refractivity contribution is 7.98. The van der Waals surface area contributed by atoms with Crippen molar-refractivity contribution in [2.45, 2.75) is 30.7 Å². The molecule has 0 spiro atoms. The van der Waals surface area contributed by atoms with Crippen molar-refractivity contribution in [3.8, 4) is 0 Å². The minimum Gasteiger partial charge on any atom is -0.465 e. The summed E-state index contributed by atoms with van der Waals surface area (Å²) in [5, 5.41) is 0.852. The molecule has 140 valence electrons. The highest BCUT2D eigenvalue weighted by Gasteiger charge is 2.11. The van der Waals surface area contributed by atoms with Crippen LogP contribution in [0.15, 0.2) is 39.0 Å². The first kappa shape index (κ1) is 18.8. The molecule has 0 radical (unpaired) electrons. The predicted octanol–water partition coefficient (Wildman–Crippen LogP) is 2.04. The number of hydrogen-bond donors (Lipinski definition) is 2. The molecule has 3 rings (SSSR count). The lowest BCUT2D eigenvalue weighted by atomic mass is 10.1. The molecule has 1 aromatic carbocycles. The topological polar surface area (TPSA) is 118 Å². The standard InChI is InChI=1S/C18H18N4O4S/c1-3-4-11-8-15(23)22-18(19-11)27-9-14-20-13-7-10(17(25)26-2)5-6-12(13)16(24)21-14/h5-8H,3-4,9H2,1-2H3,(H,19,22,23)(H,20,21,24). The third kappa shape index (κ3) is 4.43. The van der Waals surface area contributed by atoms with E-state index in [2.05, 4.69) is 19.9 Å². The van der Waals surface area contributed by atoms with Gasteiger partial charge in [-0.25, -0.2) is 14.8 Å². The molecule has 0 atom stereocenters. The van der Waals surface area contributed by atoms with E-state index in [9.17, 15) is 14.4 Å². The average Bonchev–Trinajstić information content (AvgIpc) is 2.65. The SMILES string of the molecule is CCCc1cc(=O)[nH]c(SCc2nc3cc(C(=O)OC)ccc3c(=O)[nH]2)n1.